The average molecular weight is 603 g/mol. The van der Waals surface area contributed by atoms with Gasteiger partial charge in [-0.1, -0.05) is 95.0 Å². The van der Waals surface area contributed by atoms with Crippen LogP contribution >= 0.6 is 0 Å². The van der Waals surface area contributed by atoms with Crippen molar-refractivity contribution in [2.24, 2.45) is 5.41 Å². The molecule has 4 rings (SSSR count). The molecule has 1 spiro atoms. The van der Waals surface area contributed by atoms with Crippen LogP contribution in [-0.2, 0) is 16.0 Å². The lowest BCUT2D eigenvalue weighted by atomic mass is 9.73. The van der Waals surface area contributed by atoms with Crippen LogP contribution in [0.2, 0.25) is 0 Å². The molecule has 3 heterocycles. The van der Waals surface area contributed by atoms with Gasteiger partial charge in [0, 0.05) is 57.3 Å². The maximum Gasteiger partial charge on any atom is 0.237 e. The van der Waals surface area contributed by atoms with Gasteiger partial charge in [-0.25, -0.2) is 0 Å². The minimum absolute atomic E-state index is 0.0647. The van der Waals surface area contributed by atoms with E-state index in [9.17, 15) is 9.59 Å². The second-order valence-electron chi connectivity index (χ2n) is 11.7. The number of piperidine rings is 1. The number of rotatable bonds is 8. The Morgan fingerprint density at radius 2 is 1.70 bits per heavy atom. The SMILES string of the molecule is C=CC1=C(C=C)CC(C(=O)NCCC(=O)N2CCC3(CC2)CN(C)C(=C/C)/C3=C\CC)NC1.CC.CCc1ccc(C)cc1. The molecular formula is C38H58N4O2. The Kier molecular flexibility index (Phi) is 15.4. The molecule has 6 heteroatoms. The molecule has 1 unspecified atom stereocenters. The average Bonchev–Trinajstić information content (AvgIpc) is 3.31. The lowest BCUT2D eigenvalue weighted by Gasteiger charge is -2.40. The van der Waals surface area contributed by atoms with Gasteiger partial charge in [0.1, 0.15) is 0 Å². The lowest BCUT2D eigenvalue weighted by Crippen LogP contribution is -2.48. The summed E-state index contributed by atoms with van der Waals surface area (Å²) >= 11 is 0. The molecule has 0 aromatic heterocycles. The number of hydrogen-bond donors (Lipinski definition) is 2. The molecule has 3 aliphatic heterocycles. The number of benzene rings is 1. The molecule has 44 heavy (non-hydrogen) atoms. The van der Waals surface area contributed by atoms with Crippen LogP contribution in [-0.4, -0.2) is 67.4 Å². The van der Waals surface area contributed by atoms with Gasteiger partial charge in [0.15, 0.2) is 0 Å². The third-order valence-corrected chi connectivity index (χ3v) is 8.90. The number of aryl methyl sites for hydroxylation is 2. The quantitative estimate of drug-likeness (QED) is 0.340. The molecule has 0 saturated carbocycles. The smallest absolute Gasteiger partial charge is 0.237 e. The highest BCUT2D eigenvalue weighted by Crippen LogP contribution is 2.49. The molecular weight excluding hydrogens is 544 g/mol. The monoisotopic (exact) mass is 602 g/mol. The van der Waals surface area contributed by atoms with E-state index in [4.69, 9.17) is 0 Å². The fourth-order valence-electron chi connectivity index (χ4n) is 6.39. The van der Waals surface area contributed by atoms with Crippen molar-refractivity contribution < 1.29 is 9.59 Å². The first kappa shape index (κ1) is 36.8. The minimum Gasteiger partial charge on any atom is -0.374 e. The third kappa shape index (κ3) is 9.56. The van der Waals surface area contributed by atoms with E-state index in [2.05, 4.69) is 99.9 Å². The van der Waals surface area contributed by atoms with Gasteiger partial charge in [-0.2, -0.15) is 0 Å². The molecule has 1 atom stereocenters. The van der Waals surface area contributed by atoms with Crippen LogP contribution in [0.4, 0.5) is 0 Å². The molecule has 1 aromatic carbocycles. The van der Waals surface area contributed by atoms with E-state index < -0.39 is 0 Å². The third-order valence-electron chi connectivity index (χ3n) is 8.90. The summed E-state index contributed by atoms with van der Waals surface area (Å²) in [5.74, 6) is 0.0612. The van der Waals surface area contributed by atoms with Crippen molar-refractivity contribution >= 4 is 11.8 Å². The Bertz CT molecular complexity index is 1200. The highest BCUT2D eigenvalue weighted by atomic mass is 16.2. The molecule has 3 aliphatic rings. The molecule has 1 aromatic rings. The Hall–Kier alpha value is -3.38. The first-order chi connectivity index (χ1) is 21.2. The summed E-state index contributed by atoms with van der Waals surface area (Å²) in [5.41, 5.74) is 7.85. The maximum absolute atomic E-state index is 12.8. The number of carbonyl (C=O) groups excluding carboxylic acids is 2. The van der Waals surface area contributed by atoms with Crippen molar-refractivity contribution in [1.29, 1.82) is 0 Å². The van der Waals surface area contributed by atoms with E-state index in [0.29, 0.717) is 25.9 Å². The van der Waals surface area contributed by atoms with E-state index in [1.165, 1.54) is 22.4 Å². The molecule has 2 saturated heterocycles. The molecule has 6 nitrogen and oxygen atoms in total. The summed E-state index contributed by atoms with van der Waals surface area (Å²) < 4.78 is 0. The second kappa shape index (κ2) is 18.4. The largest absolute Gasteiger partial charge is 0.374 e. The number of nitrogens with one attached hydrogen (secondary N) is 2. The molecule has 0 bridgehead atoms. The summed E-state index contributed by atoms with van der Waals surface area (Å²) in [6, 6.07) is 8.36. The van der Waals surface area contributed by atoms with E-state index in [1.807, 2.05) is 24.8 Å². The van der Waals surface area contributed by atoms with Crippen molar-refractivity contribution in [3.63, 3.8) is 0 Å². The number of likely N-dealkylation sites (tertiary alicyclic amines) is 2. The van der Waals surface area contributed by atoms with E-state index >= 15 is 0 Å². The Morgan fingerprint density at radius 3 is 2.25 bits per heavy atom. The van der Waals surface area contributed by atoms with Crippen LogP contribution in [0.1, 0.15) is 77.8 Å². The Balaban J connectivity index is 0.000000519. The maximum atomic E-state index is 12.8. The van der Waals surface area contributed by atoms with E-state index in [0.717, 1.165) is 56.5 Å². The lowest BCUT2D eigenvalue weighted by molar-refractivity contribution is -0.133. The van der Waals surface area contributed by atoms with Gasteiger partial charge in [-0.15, -0.1) is 0 Å². The summed E-state index contributed by atoms with van der Waals surface area (Å²) in [5, 5.41) is 6.18. The predicted molar refractivity (Wildman–Crippen MR) is 186 cm³/mol. The molecule has 2 fully saturated rings. The van der Waals surface area contributed by atoms with Crippen LogP contribution in [0.5, 0.6) is 0 Å². The van der Waals surface area contributed by atoms with Gasteiger partial charge < -0.3 is 20.4 Å². The molecule has 2 amide bonds. The van der Waals surface area contributed by atoms with Crippen LogP contribution in [0.25, 0.3) is 0 Å². The first-order valence-corrected chi connectivity index (χ1v) is 16.6. The van der Waals surface area contributed by atoms with Crippen molar-refractivity contribution in [1.82, 2.24) is 20.4 Å². The van der Waals surface area contributed by atoms with Crippen LogP contribution < -0.4 is 10.6 Å². The second-order valence-corrected chi connectivity index (χ2v) is 11.7. The fourth-order valence-corrected chi connectivity index (χ4v) is 6.39. The van der Waals surface area contributed by atoms with Gasteiger partial charge in [0.05, 0.1) is 6.04 Å². The molecule has 0 radical (unpaired) electrons. The van der Waals surface area contributed by atoms with Gasteiger partial charge in [-0.05, 0) is 68.2 Å². The zero-order valence-electron chi connectivity index (χ0n) is 28.6. The zero-order chi connectivity index (χ0) is 32.7. The highest BCUT2D eigenvalue weighted by Gasteiger charge is 2.45. The van der Waals surface area contributed by atoms with E-state index in [1.54, 1.807) is 6.08 Å². The number of likely N-dealkylation sites (N-methyl/N-ethyl adjacent to an activating group) is 1. The zero-order valence-corrected chi connectivity index (χ0v) is 28.6. The molecule has 0 aliphatic carbocycles. The van der Waals surface area contributed by atoms with Gasteiger partial charge in [-0.3, -0.25) is 9.59 Å². The van der Waals surface area contributed by atoms with Crippen molar-refractivity contribution in [3.05, 3.63) is 95.3 Å². The number of amides is 2. The number of hydrogen-bond acceptors (Lipinski definition) is 4. The fraction of sp³-hybridized carbons (Fsp3) is 0.526. The first-order valence-electron chi connectivity index (χ1n) is 16.6. The Morgan fingerprint density at radius 1 is 1.07 bits per heavy atom. The number of allylic oxidation sites excluding steroid dienone is 4. The van der Waals surface area contributed by atoms with E-state index in [-0.39, 0.29) is 23.3 Å². The van der Waals surface area contributed by atoms with Gasteiger partial charge in [0.2, 0.25) is 11.8 Å². The van der Waals surface area contributed by atoms with Crippen molar-refractivity contribution in [3.8, 4) is 0 Å². The standard InChI is InChI=1S/C27H40N4O2.C9H12.C2H6/c1-6-10-22-24(9-4)30(5)19-27(22)12-15-31(16-13-27)25(32)11-14-28-26(33)23-17-20(7-2)21(8-3)18-29-23;1-3-9-6-4-8(2)5-7-9;1-2/h7-10,23,29H,2-3,6,11-19H2,1,4-5H3,(H,28,33);4-7H,3H2,1-2H3;1-2H3/b22-10+,24-9+;;. The van der Waals surface area contributed by atoms with Crippen molar-refractivity contribution in [2.45, 2.75) is 86.1 Å². The van der Waals surface area contributed by atoms with Crippen molar-refractivity contribution in [2.75, 3.05) is 39.8 Å². The summed E-state index contributed by atoms with van der Waals surface area (Å²) in [6.07, 6.45) is 13.3. The highest BCUT2D eigenvalue weighted by molar-refractivity contribution is 5.83. The van der Waals surface area contributed by atoms with Gasteiger partial charge >= 0.3 is 0 Å². The van der Waals surface area contributed by atoms with Gasteiger partial charge in [0.25, 0.3) is 0 Å². The van der Waals surface area contributed by atoms with Crippen LogP contribution in [0, 0.1) is 12.3 Å². The molecule has 2 N–H and O–H groups in total. The Labute approximate surface area is 268 Å². The predicted octanol–water partition coefficient (Wildman–Crippen LogP) is 6.90. The molecule has 242 valence electrons. The minimum atomic E-state index is -0.296. The number of carbonyl (C=O) groups is 2. The summed E-state index contributed by atoms with van der Waals surface area (Å²) in [6.45, 7) is 23.8. The normalized spacial score (nSPS) is 20.9. The van der Waals surface area contributed by atoms with Crippen LogP contribution in [0.3, 0.4) is 0 Å². The van der Waals surface area contributed by atoms with Crippen LogP contribution in [0.15, 0.2) is 84.1 Å². The summed E-state index contributed by atoms with van der Waals surface area (Å²) in [7, 11) is 2.17. The topological polar surface area (TPSA) is 64.7 Å². The summed E-state index contributed by atoms with van der Waals surface area (Å²) in [4.78, 5) is 29.7. The number of nitrogens with zero attached hydrogens (tertiary/aromatic N) is 2.